The van der Waals surface area contributed by atoms with Crippen LogP contribution in [0.2, 0.25) is 0 Å². The average Bonchev–Trinajstić information content (AvgIpc) is 2.98. The lowest BCUT2D eigenvalue weighted by atomic mass is 9.41. The maximum Gasteiger partial charge on any atom is 0.0582 e. The molecule has 28 heavy (non-hydrogen) atoms. The van der Waals surface area contributed by atoms with Crippen molar-refractivity contribution in [2.24, 2.45) is 51.6 Å². The molecule has 4 aliphatic carbocycles. The zero-order valence-corrected chi connectivity index (χ0v) is 18.9. The van der Waals surface area contributed by atoms with Crippen molar-refractivity contribution in [3.8, 4) is 0 Å². The third-order valence-electron chi connectivity index (χ3n) is 10.4. The minimum absolute atomic E-state index is 0.147. The van der Waals surface area contributed by atoms with E-state index in [0.717, 1.165) is 36.5 Å². The zero-order chi connectivity index (χ0) is 20.3. The second-order valence-corrected chi connectivity index (χ2v) is 11.7. The van der Waals surface area contributed by atoms with E-state index in [1.54, 1.807) is 5.57 Å². The number of rotatable bonds is 3. The highest BCUT2D eigenvalue weighted by Crippen LogP contribution is 2.70. The van der Waals surface area contributed by atoms with Gasteiger partial charge in [0.2, 0.25) is 0 Å². The smallest absolute Gasteiger partial charge is 0.0582 e. The van der Waals surface area contributed by atoms with E-state index in [0.29, 0.717) is 17.9 Å². The fourth-order valence-corrected chi connectivity index (χ4v) is 8.75. The highest BCUT2D eigenvalue weighted by molar-refractivity contribution is 5.29. The van der Waals surface area contributed by atoms with Gasteiger partial charge in [0.05, 0.1) is 6.10 Å². The molecule has 0 heterocycles. The van der Waals surface area contributed by atoms with Crippen molar-refractivity contribution in [2.45, 2.75) is 85.7 Å². The number of hydrogen-bond donors (Lipinski definition) is 2. The van der Waals surface area contributed by atoms with E-state index < -0.39 is 0 Å². The molecule has 4 rings (SSSR count). The third-order valence-corrected chi connectivity index (χ3v) is 10.4. The summed E-state index contributed by atoms with van der Waals surface area (Å²) in [5, 5.41) is 10.5. The van der Waals surface area contributed by atoms with Crippen molar-refractivity contribution in [1.82, 2.24) is 0 Å². The van der Waals surface area contributed by atoms with Crippen LogP contribution >= 0.6 is 0 Å². The lowest BCUT2D eigenvalue weighted by Crippen LogP contribution is -2.56. The first kappa shape index (κ1) is 20.7. The molecule has 4 aliphatic rings. The average molecular weight is 386 g/mol. The summed E-state index contributed by atoms with van der Waals surface area (Å²) in [5.74, 6) is 3.93. The normalized spacial score (nSPS) is 48.5. The van der Waals surface area contributed by atoms with Gasteiger partial charge < -0.3 is 10.8 Å². The van der Waals surface area contributed by atoms with Crippen molar-refractivity contribution >= 4 is 0 Å². The van der Waals surface area contributed by atoms with Crippen LogP contribution in [0.3, 0.4) is 0 Å². The Morgan fingerprint density at radius 3 is 2.64 bits per heavy atom. The van der Waals surface area contributed by atoms with Gasteiger partial charge in [0.15, 0.2) is 0 Å². The molecule has 0 radical (unpaired) electrons. The van der Waals surface area contributed by atoms with Crippen LogP contribution in [-0.4, -0.2) is 17.8 Å². The standard InChI is InChI=1S/C26H43NO/c1-17(7-6-14-27)21-10-11-22-20-9-8-18-15-19(28)16-24(2,3)26(18,5)23(20)12-13-25(21,22)4/h6-8,17,19-23,28H,9-16,27H2,1-5H3/b7-6-/t17-,19-,20+,21-,22+,23+,25-,26+/m1/s1. The van der Waals surface area contributed by atoms with Gasteiger partial charge >= 0.3 is 0 Å². The molecule has 0 aromatic rings. The molecule has 3 N–H and O–H groups in total. The molecule has 3 fully saturated rings. The van der Waals surface area contributed by atoms with Crippen LogP contribution in [0, 0.1) is 45.8 Å². The summed E-state index contributed by atoms with van der Waals surface area (Å²) < 4.78 is 0. The minimum atomic E-state index is -0.147. The molecule has 0 aromatic carbocycles. The highest BCUT2D eigenvalue weighted by atomic mass is 16.3. The summed E-state index contributed by atoms with van der Waals surface area (Å²) in [6.45, 7) is 13.1. The van der Waals surface area contributed by atoms with Crippen molar-refractivity contribution < 1.29 is 5.11 Å². The lowest BCUT2D eigenvalue weighted by Gasteiger charge is -2.63. The summed E-state index contributed by atoms with van der Waals surface area (Å²) in [6, 6.07) is 0. The van der Waals surface area contributed by atoms with E-state index in [1.165, 1.54) is 32.1 Å². The molecule has 158 valence electrons. The van der Waals surface area contributed by atoms with Gasteiger partial charge in [-0.25, -0.2) is 0 Å². The minimum Gasteiger partial charge on any atom is -0.393 e. The topological polar surface area (TPSA) is 46.2 Å². The predicted molar refractivity (Wildman–Crippen MR) is 118 cm³/mol. The number of allylic oxidation sites excluding steroid dienone is 2. The number of fused-ring (bicyclic) bond motifs is 5. The van der Waals surface area contributed by atoms with Gasteiger partial charge in [-0.05, 0) is 90.8 Å². The van der Waals surface area contributed by atoms with Crippen LogP contribution in [0.15, 0.2) is 23.8 Å². The Morgan fingerprint density at radius 1 is 1.18 bits per heavy atom. The fraction of sp³-hybridized carbons (Fsp3) is 0.846. The van der Waals surface area contributed by atoms with Gasteiger partial charge in [0.25, 0.3) is 0 Å². The molecular weight excluding hydrogens is 342 g/mol. The molecule has 3 saturated carbocycles. The zero-order valence-electron chi connectivity index (χ0n) is 18.9. The highest BCUT2D eigenvalue weighted by Gasteiger charge is 2.62. The lowest BCUT2D eigenvalue weighted by molar-refractivity contribution is -0.105. The molecule has 0 saturated heterocycles. The van der Waals surface area contributed by atoms with Crippen molar-refractivity contribution in [3.05, 3.63) is 23.8 Å². The van der Waals surface area contributed by atoms with E-state index >= 15 is 0 Å². The van der Waals surface area contributed by atoms with Crippen LogP contribution in [0.4, 0.5) is 0 Å². The maximum absolute atomic E-state index is 10.5. The first-order valence-corrected chi connectivity index (χ1v) is 11.9. The van der Waals surface area contributed by atoms with E-state index in [-0.39, 0.29) is 16.9 Å². The van der Waals surface area contributed by atoms with Gasteiger partial charge in [-0.3, -0.25) is 0 Å². The molecule has 2 nitrogen and oxygen atoms in total. The first-order chi connectivity index (χ1) is 13.1. The Balaban J connectivity index is 1.65. The summed E-state index contributed by atoms with van der Waals surface area (Å²) in [7, 11) is 0. The summed E-state index contributed by atoms with van der Waals surface area (Å²) in [5.41, 5.74) is 8.24. The van der Waals surface area contributed by atoms with Crippen LogP contribution in [0.1, 0.15) is 79.6 Å². The molecule has 0 spiro atoms. The van der Waals surface area contributed by atoms with E-state index in [1.807, 2.05) is 0 Å². The Bertz CT molecular complexity index is 663. The monoisotopic (exact) mass is 385 g/mol. The third kappa shape index (κ3) is 2.81. The van der Waals surface area contributed by atoms with Crippen LogP contribution in [-0.2, 0) is 0 Å². The number of aliphatic hydroxyl groups excluding tert-OH is 1. The van der Waals surface area contributed by atoms with Gasteiger partial charge in [0.1, 0.15) is 0 Å². The van der Waals surface area contributed by atoms with Crippen LogP contribution in [0.5, 0.6) is 0 Å². The predicted octanol–water partition coefficient (Wildman–Crippen LogP) is 5.71. The second kappa shape index (κ2) is 6.98. The Kier molecular flexibility index (Phi) is 5.15. The first-order valence-electron chi connectivity index (χ1n) is 11.9. The number of nitrogens with two attached hydrogens (primary N) is 1. The van der Waals surface area contributed by atoms with Gasteiger partial charge in [-0.2, -0.15) is 0 Å². The van der Waals surface area contributed by atoms with E-state index in [9.17, 15) is 5.11 Å². The van der Waals surface area contributed by atoms with Gasteiger partial charge in [-0.15, -0.1) is 0 Å². The summed E-state index contributed by atoms with van der Waals surface area (Å²) >= 11 is 0. The number of hydrogen-bond acceptors (Lipinski definition) is 2. The quantitative estimate of drug-likeness (QED) is 0.611. The fourth-order valence-electron chi connectivity index (χ4n) is 8.75. The molecule has 0 unspecified atom stereocenters. The molecule has 8 atom stereocenters. The molecule has 2 heteroatoms. The molecule has 0 aliphatic heterocycles. The Labute approximate surface area is 173 Å². The van der Waals surface area contributed by atoms with Crippen molar-refractivity contribution in [3.63, 3.8) is 0 Å². The van der Waals surface area contributed by atoms with Gasteiger partial charge in [-0.1, -0.05) is 58.4 Å². The van der Waals surface area contributed by atoms with Crippen LogP contribution < -0.4 is 5.73 Å². The van der Waals surface area contributed by atoms with Gasteiger partial charge in [0, 0.05) is 6.54 Å². The van der Waals surface area contributed by atoms with Crippen molar-refractivity contribution in [1.29, 1.82) is 0 Å². The maximum atomic E-state index is 10.5. The van der Waals surface area contributed by atoms with E-state index in [4.69, 9.17) is 5.73 Å². The van der Waals surface area contributed by atoms with Crippen LogP contribution in [0.25, 0.3) is 0 Å². The Morgan fingerprint density at radius 2 is 1.93 bits per heavy atom. The van der Waals surface area contributed by atoms with Crippen molar-refractivity contribution in [2.75, 3.05) is 6.54 Å². The second-order valence-electron chi connectivity index (χ2n) is 11.7. The SMILES string of the molecule is C[C@H](/C=C\CN)[C@H]1CC[C@H]2[C@@H]3CC=C4C[C@@H](O)CC(C)(C)[C@]4(C)[C@H]3CC[C@]12C. The molecular formula is C26H43NO. The summed E-state index contributed by atoms with van der Waals surface area (Å²) in [4.78, 5) is 0. The summed E-state index contributed by atoms with van der Waals surface area (Å²) in [6.07, 6.45) is 15.6. The Hall–Kier alpha value is -0.600. The molecule has 0 aromatic heterocycles. The number of aliphatic hydroxyl groups is 1. The molecule has 0 amide bonds. The largest absolute Gasteiger partial charge is 0.393 e. The van der Waals surface area contributed by atoms with E-state index in [2.05, 4.69) is 52.8 Å². The molecule has 0 bridgehead atoms.